The van der Waals surface area contributed by atoms with Crippen LogP contribution < -0.4 is 0 Å². The Morgan fingerprint density at radius 3 is 1.94 bits per heavy atom. The van der Waals surface area contributed by atoms with Gasteiger partial charge in [0.25, 0.3) is 20.4 Å². The number of hydrogen-bond acceptors (Lipinski definition) is 5. The molecule has 6 heteroatoms. The van der Waals surface area contributed by atoms with E-state index in [0.29, 0.717) is 0 Å². The molecule has 0 aromatic heterocycles. The second-order valence-corrected chi connectivity index (χ2v) is 2.88. The van der Waals surface area contributed by atoms with E-state index >= 15 is 0 Å². The molecule has 16 heavy (non-hydrogen) atoms. The summed E-state index contributed by atoms with van der Waals surface area (Å²) in [7, 11) is 0. The Hall–Kier alpha value is -1.07. The summed E-state index contributed by atoms with van der Waals surface area (Å²) >= 11 is 3.29. The van der Waals surface area contributed by atoms with Gasteiger partial charge < -0.3 is 0 Å². The summed E-state index contributed by atoms with van der Waals surface area (Å²) in [6, 6.07) is 0. The van der Waals surface area contributed by atoms with Crippen LogP contribution in [0.4, 0.5) is 0 Å². The molecule has 0 aliphatic heterocycles. The van der Waals surface area contributed by atoms with Gasteiger partial charge in [-0.25, -0.2) is 0 Å². The quantitative estimate of drug-likeness (QED) is 0.618. The van der Waals surface area contributed by atoms with E-state index < -0.39 is 6.10 Å². The largest absolute Gasteiger partial charge is 0.281 e. The molecular formula is C10H9MnO5. The fraction of sp³-hybridized carbons (Fsp3) is 0.300. The van der Waals surface area contributed by atoms with E-state index in [1.807, 2.05) is 12.2 Å². The van der Waals surface area contributed by atoms with E-state index in [-0.39, 0.29) is 6.61 Å². The molecule has 0 bridgehead atoms. The number of aliphatic hydroxyl groups excluding tert-OH is 2. The predicted molar refractivity (Wildman–Crippen MR) is 51.0 cm³/mol. The van der Waals surface area contributed by atoms with Crippen LogP contribution in [0, 0.1) is 0 Å². The van der Waals surface area contributed by atoms with Crippen molar-refractivity contribution in [3.63, 3.8) is 0 Å². The first-order valence-electron chi connectivity index (χ1n) is 3.71. The summed E-state index contributed by atoms with van der Waals surface area (Å²) in [5.41, 5.74) is 0.794. The van der Waals surface area contributed by atoms with Crippen molar-refractivity contribution in [2.75, 3.05) is 6.61 Å². The Morgan fingerprint density at radius 1 is 1.25 bits per heavy atom. The zero-order valence-electron chi connectivity index (χ0n) is 8.14. The van der Waals surface area contributed by atoms with E-state index in [1.54, 1.807) is 0 Å². The summed E-state index contributed by atoms with van der Waals surface area (Å²) in [5, 5.41) is 17.7. The second kappa shape index (κ2) is 16.4. The van der Waals surface area contributed by atoms with E-state index in [4.69, 9.17) is 24.6 Å². The smallest absolute Gasteiger partial charge is 0.281 e. The summed E-state index contributed by atoms with van der Waals surface area (Å²) in [6.45, 7) is 13.3. The molecule has 5 nitrogen and oxygen atoms in total. The molecule has 0 fully saturated rings. The average Bonchev–Trinajstić information content (AvgIpc) is 2.82. The maximum Gasteiger partial charge on any atom is 0.281 e. The zero-order chi connectivity index (χ0) is 13.6. The summed E-state index contributed by atoms with van der Waals surface area (Å²) in [6.07, 6.45) is 3.86. The van der Waals surface area contributed by atoms with Crippen molar-refractivity contribution in [2.24, 2.45) is 0 Å². The van der Waals surface area contributed by atoms with Gasteiger partial charge in [0, 0.05) is 0 Å². The van der Waals surface area contributed by atoms with Crippen molar-refractivity contribution in [1.29, 1.82) is 0 Å². The molecule has 0 aromatic carbocycles. The zero-order valence-corrected chi connectivity index (χ0v) is 9.32. The maximum atomic E-state index is 9.14. The van der Waals surface area contributed by atoms with Gasteiger partial charge in [-0.1, -0.05) is 0 Å². The van der Waals surface area contributed by atoms with Crippen LogP contribution in [0.5, 0.6) is 0 Å². The third kappa shape index (κ3) is 8.26. The fourth-order valence-corrected chi connectivity index (χ4v) is 1.32. The Labute approximate surface area is 103 Å². The van der Waals surface area contributed by atoms with Gasteiger partial charge in [-0.3, -0.25) is 14.4 Å². The first kappa shape index (κ1) is 20.4. The molecule has 6 radical (unpaired) electrons. The van der Waals surface area contributed by atoms with Gasteiger partial charge in [0.2, 0.25) is 0 Å². The van der Waals surface area contributed by atoms with Gasteiger partial charge in [-0.2, -0.15) is 0 Å². The minimum Gasteiger partial charge on any atom is -0.281 e. The number of aliphatic hydroxyl groups is 2. The SMILES string of the molecule is OCC(O)C1=[C]([Mn])CC=C1.[C]=O.[C]=O.[C]=O. The van der Waals surface area contributed by atoms with Crippen molar-refractivity contribution in [3.05, 3.63) is 22.2 Å². The van der Waals surface area contributed by atoms with Crippen LogP contribution in [-0.4, -0.2) is 43.3 Å². The standard InChI is InChI=1S/C7H9O2.3CO.Mn/c8-5-7(9)6-3-1-2-4-6;3*1-2;/h1,3,7-9H,2,5H2;;;;. The average molecular weight is 264 g/mol. The molecule has 0 heterocycles. The van der Waals surface area contributed by atoms with Gasteiger partial charge in [-0.15, -0.1) is 0 Å². The molecule has 0 saturated heterocycles. The van der Waals surface area contributed by atoms with Crippen LogP contribution in [0.2, 0.25) is 0 Å². The van der Waals surface area contributed by atoms with Crippen molar-refractivity contribution in [1.82, 2.24) is 0 Å². The topological polar surface area (TPSA) is 91.7 Å². The minimum atomic E-state index is -0.729. The number of hydrogen-bond donors (Lipinski definition) is 2. The molecule has 86 valence electrons. The molecule has 1 aliphatic carbocycles. The normalized spacial score (nSPS) is 13.4. The van der Waals surface area contributed by atoms with Gasteiger partial charge in [0.05, 0.1) is 0 Å². The minimum absolute atomic E-state index is 0.214. The molecule has 0 spiro atoms. The van der Waals surface area contributed by atoms with Gasteiger partial charge in [0.1, 0.15) is 0 Å². The monoisotopic (exact) mass is 264 g/mol. The van der Waals surface area contributed by atoms with E-state index in [1.165, 1.54) is 0 Å². The Bertz CT molecular complexity index is 222. The van der Waals surface area contributed by atoms with E-state index in [9.17, 15) is 0 Å². The third-order valence-electron chi connectivity index (χ3n) is 1.44. The Balaban J connectivity index is -0.000000245. The van der Waals surface area contributed by atoms with E-state index in [2.05, 4.69) is 36.4 Å². The maximum absolute atomic E-state index is 9.14. The van der Waals surface area contributed by atoms with Crippen LogP contribution >= 0.6 is 0 Å². The van der Waals surface area contributed by atoms with Crippen LogP contribution in [0.15, 0.2) is 22.2 Å². The number of allylic oxidation sites excluding steroid dienone is 2. The molecule has 0 saturated carbocycles. The molecule has 1 rings (SSSR count). The number of carbonyl (C=O) groups excluding carboxylic acids is 3. The van der Waals surface area contributed by atoms with Crippen molar-refractivity contribution >= 4 is 20.4 Å². The van der Waals surface area contributed by atoms with Crippen LogP contribution in [0.1, 0.15) is 6.42 Å². The van der Waals surface area contributed by atoms with Crippen molar-refractivity contribution in [3.8, 4) is 0 Å². The molecule has 0 amide bonds. The van der Waals surface area contributed by atoms with Crippen molar-refractivity contribution < 1.29 is 40.6 Å². The van der Waals surface area contributed by atoms with Gasteiger partial charge in [-0.05, 0) is 0 Å². The van der Waals surface area contributed by atoms with Crippen LogP contribution in [-0.2, 0) is 30.4 Å². The van der Waals surface area contributed by atoms with Gasteiger partial charge >= 0.3 is 67.6 Å². The molecular weight excluding hydrogens is 255 g/mol. The first-order chi connectivity index (χ1) is 7.75. The fourth-order valence-electron chi connectivity index (χ4n) is 0.888. The molecule has 1 atom stereocenters. The molecule has 2 N–H and O–H groups in total. The van der Waals surface area contributed by atoms with Crippen molar-refractivity contribution in [2.45, 2.75) is 12.5 Å². The molecule has 1 unspecified atom stereocenters. The first-order valence-corrected chi connectivity index (χ1v) is 4.30. The predicted octanol–water partition coefficient (Wildman–Crippen LogP) is -1.09. The van der Waals surface area contributed by atoms with Crippen LogP contribution in [0.3, 0.4) is 0 Å². The summed E-state index contributed by atoms with van der Waals surface area (Å²) in [4.78, 5) is 22.5. The molecule has 0 aromatic rings. The molecule has 1 aliphatic rings. The summed E-state index contributed by atoms with van der Waals surface area (Å²) < 4.78 is 0.967. The van der Waals surface area contributed by atoms with E-state index in [0.717, 1.165) is 16.5 Å². The van der Waals surface area contributed by atoms with Gasteiger partial charge in [0.15, 0.2) is 0 Å². The number of rotatable bonds is 2. The van der Waals surface area contributed by atoms with Crippen LogP contribution in [0.25, 0.3) is 0 Å². The Kier molecular flexibility index (Phi) is 20.8. The third-order valence-corrected chi connectivity index (χ3v) is 2.02. The second-order valence-electron chi connectivity index (χ2n) is 2.17. The Morgan fingerprint density at radius 2 is 1.69 bits per heavy atom. The summed E-state index contributed by atoms with van der Waals surface area (Å²) in [5.74, 6) is 0.